The molecule has 1 aliphatic rings. The summed E-state index contributed by atoms with van der Waals surface area (Å²) in [7, 11) is 0. The molecular formula is C16H16N4O4. The lowest BCUT2D eigenvalue weighted by Crippen LogP contribution is -2.11. The maximum Gasteiger partial charge on any atom is 0.303 e. The van der Waals surface area contributed by atoms with Crippen molar-refractivity contribution >= 4 is 17.0 Å². The highest BCUT2D eigenvalue weighted by Crippen LogP contribution is 2.26. The van der Waals surface area contributed by atoms with Gasteiger partial charge in [-0.3, -0.25) is 9.78 Å². The zero-order chi connectivity index (χ0) is 16.5. The first kappa shape index (κ1) is 14.8. The highest BCUT2D eigenvalue weighted by molar-refractivity contribution is 5.81. The third-order valence-electron chi connectivity index (χ3n) is 4.06. The van der Waals surface area contributed by atoms with Gasteiger partial charge in [0.25, 0.3) is 0 Å². The Morgan fingerprint density at radius 3 is 3.21 bits per heavy atom. The SMILES string of the molecule is O=C(O)CCCc1cc(-c2nc3c4c(ncc3[nH]2)CCOC4)no1. The maximum atomic E-state index is 10.6. The van der Waals surface area contributed by atoms with E-state index in [1.165, 1.54) is 0 Å². The van der Waals surface area contributed by atoms with Crippen LogP contribution < -0.4 is 0 Å². The van der Waals surface area contributed by atoms with Gasteiger partial charge >= 0.3 is 5.97 Å². The van der Waals surface area contributed by atoms with Gasteiger partial charge in [0.15, 0.2) is 5.82 Å². The molecule has 0 atom stereocenters. The van der Waals surface area contributed by atoms with Gasteiger partial charge in [0.2, 0.25) is 0 Å². The lowest BCUT2D eigenvalue weighted by molar-refractivity contribution is -0.137. The second-order valence-electron chi connectivity index (χ2n) is 5.76. The summed E-state index contributed by atoms with van der Waals surface area (Å²) in [6.07, 6.45) is 3.73. The number of nitrogens with one attached hydrogen (secondary N) is 1. The molecule has 124 valence electrons. The Hall–Kier alpha value is -2.74. The molecule has 4 heterocycles. The molecule has 0 saturated carbocycles. The minimum atomic E-state index is -0.813. The third-order valence-corrected chi connectivity index (χ3v) is 4.06. The number of fused-ring (bicyclic) bond motifs is 3. The van der Waals surface area contributed by atoms with E-state index in [1.807, 2.05) is 0 Å². The van der Waals surface area contributed by atoms with E-state index in [0.717, 1.165) is 28.7 Å². The molecule has 1 aliphatic heterocycles. The van der Waals surface area contributed by atoms with E-state index in [0.29, 0.717) is 43.3 Å². The topological polar surface area (TPSA) is 114 Å². The number of pyridine rings is 1. The van der Waals surface area contributed by atoms with Gasteiger partial charge in [0.05, 0.1) is 36.1 Å². The van der Waals surface area contributed by atoms with E-state index in [2.05, 4.69) is 20.1 Å². The van der Waals surface area contributed by atoms with E-state index in [4.69, 9.17) is 14.4 Å². The number of nitrogens with zero attached hydrogens (tertiary/aromatic N) is 3. The molecule has 24 heavy (non-hydrogen) atoms. The number of carbonyl (C=O) groups is 1. The summed E-state index contributed by atoms with van der Waals surface area (Å²) in [5.74, 6) is 0.445. The highest BCUT2D eigenvalue weighted by Gasteiger charge is 2.18. The number of aromatic amines is 1. The second-order valence-corrected chi connectivity index (χ2v) is 5.76. The predicted molar refractivity (Wildman–Crippen MR) is 83.3 cm³/mol. The van der Waals surface area contributed by atoms with E-state index in [1.54, 1.807) is 12.3 Å². The normalized spacial score (nSPS) is 14.0. The van der Waals surface area contributed by atoms with E-state index < -0.39 is 5.97 Å². The molecule has 0 aromatic carbocycles. The lowest BCUT2D eigenvalue weighted by atomic mass is 10.1. The largest absolute Gasteiger partial charge is 0.481 e. The zero-order valence-electron chi connectivity index (χ0n) is 12.9. The van der Waals surface area contributed by atoms with Crippen molar-refractivity contribution in [2.75, 3.05) is 6.61 Å². The Kier molecular flexibility index (Phi) is 3.73. The van der Waals surface area contributed by atoms with Crippen molar-refractivity contribution in [2.24, 2.45) is 0 Å². The molecule has 0 radical (unpaired) electrons. The quantitative estimate of drug-likeness (QED) is 0.737. The Morgan fingerprint density at radius 1 is 1.42 bits per heavy atom. The lowest BCUT2D eigenvalue weighted by Gasteiger charge is -2.14. The minimum Gasteiger partial charge on any atom is -0.481 e. The fourth-order valence-electron chi connectivity index (χ4n) is 2.85. The number of aryl methyl sites for hydroxylation is 1. The van der Waals surface area contributed by atoms with Gasteiger partial charge in [-0.25, -0.2) is 4.98 Å². The van der Waals surface area contributed by atoms with Crippen LogP contribution in [-0.4, -0.2) is 37.8 Å². The van der Waals surface area contributed by atoms with E-state index in [9.17, 15) is 4.79 Å². The fraction of sp³-hybridized carbons (Fsp3) is 0.375. The summed E-state index contributed by atoms with van der Waals surface area (Å²) >= 11 is 0. The first-order valence-corrected chi connectivity index (χ1v) is 7.82. The number of aliphatic carboxylic acids is 1. The maximum absolute atomic E-state index is 10.6. The summed E-state index contributed by atoms with van der Waals surface area (Å²) in [6.45, 7) is 1.20. The van der Waals surface area contributed by atoms with Gasteiger partial charge in [-0.15, -0.1) is 0 Å². The van der Waals surface area contributed by atoms with Crippen molar-refractivity contribution in [1.29, 1.82) is 0 Å². The molecule has 0 bridgehead atoms. The summed E-state index contributed by atoms with van der Waals surface area (Å²) in [4.78, 5) is 22.9. The number of carboxylic acids is 1. The van der Waals surface area contributed by atoms with Crippen molar-refractivity contribution in [3.63, 3.8) is 0 Å². The third kappa shape index (κ3) is 2.76. The van der Waals surface area contributed by atoms with Crippen LogP contribution in [0.4, 0.5) is 0 Å². The zero-order valence-corrected chi connectivity index (χ0v) is 12.9. The molecule has 8 nitrogen and oxygen atoms in total. The van der Waals surface area contributed by atoms with Crippen molar-refractivity contribution in [1.82, 2.24) is 20.1 Å². The van der Waals surface area contributed by atoms with Crippen molar-refractivity contribution in [3.8, 4) is 11.5 Å². The molecule has 0 unspecified atom stereocenters. The summed E-state index contributed by atoms with van der Waals surface area (Å²) in [5.41, 5.74) is 4.34. The van der Waals surface area contributed by atoms with Gasteiger partial charge in [-0.1, -0.05) is 5.16 Å². The molecule has 0 saturated heterocycles. The number of hydrogen-bond donors (Lipinski definition) is 2. The molecule has 3 aromatic heterocycles. The average molecular weight is 328 g/mol. The second kappa shape index (κ2) is 6.04. The summed E-state index contributed by atoms with van der Waals surface area (Å²) in [5, 5.41) is 12.7. The van der Waals surface area contributed by atoms with Gasteiger partial charge in [-0.2, -0.15) is 0 Å². The first-order chi connectivity index (χ1) is 11.7. The first-order valence-electron chi connectivity index (χ1n) is 7.82. The molecular weight excluding hydrogens is 312 g/mol. The number of rotatable bonds is 5. The number of imidazole rings is 1. The van der Waals surface area contributed by atoms with Crippen LogP contribution in [0.1, 0.15) is 29.9 Å². The Labute approximate surface area is 136 Å². The molecule has 2 N–H and O–H groups in total. The highest BCUT2D eigenvalue weighted by atomic mass is 16.5. The van der Waals surface area contributed by atoms with Crippen LogP contribution in [0.5, 0.6) is 0 Å². The van der Waals surface area contributed by atoms with Crippen LogP contribution in [0.25, 0.3) is 22.6 Å². The van der Waals surface area contributed by atoms with Crippen molar-refractivity contribution < 1.29 is 19.2 Å². The van der Waals surface area contributed by atoms with Gasteiger partial charge in [0.1, 0.15) is 11.5 Å². The molecule has 0 spiro atoms. The molecule has 0 aliphatic carbocycles. The van der Waals surface area contributed by atoms with E-state index in [-0.39, 0.29) is 6.42 Å². The number of hydrogen-bond acceptors (Lipinski definition) is 6. The van der Waals surface area contributed by atoms with Gasteiger partial charge in [-0.05, 0) is 6.42 Å². The average Bonchev–Trinajstić information content (AvgIpc) is 3.21. The number of aromatic nitrogens is 4. The van der Waals surface area contributed by atoms with Crippen molar-refractivity contribution in [2.45, 2.75) is 32.3 Å². The van der Waals surface area contributed by atoms with Crippen LogP contribution in [0.2, 0.25) is 0 Å². The molecule has 4 rings (SSSR count). The van der Waals surface area contributed by atoms with E-state index >= 15 is 0 Å². The number of ether oxygens (including phenoxy) is 1. The predicted octanol–water partition coefficient (Wildman–Crippen LogP) is 2.09. The van der Waals surface area contributed by atoms with Crippen LogP contribution in [-0.2, 0) is 29.0 Å². The summed E-state index contributed by atoms with van der Waals surface area (Å²) in [6, 6.07) is 1.79. The Balaban J connectivity index is 1.60. The molecule has 0 amide bonds. The number of carboxylic acid groups (broad SMARTS) is 1. The number of H-pyrrole nitrogens is 1. The smallest absolute Gasteiger partial charge is 0.303 e. The molecule has 3 aromatic rings. The molecule has 8 heteroatoms. The Bertz CT molecular complexity index is 899. The minimum absolute atomic E-state index is 0.110. The van der Waals surface area contributed by atoms with Crippen LogP contribution >= 0.6 is 0 Å². The summed E-state index contributed by atoms with van der Waals surface area (Å²) < 4.78 is 10.8. The van der Waals surface area contributed by atoms with Crippen molar-refractivity contribution in [3.05, 3.63) is 29.3 Å². The van der Waals surface area contributed by atoms with Gasteiger partial charge in [0, 0.05) is 30.9 Å². The van der Waals surface area contributed by atoms with Crippen LogP contribution in [0, 0.1) is 0 Å². The van der Waals surface area contributed by atoms with Gasteiger partial charge < -0.3 is 19.4 Å². The molecule has 0 fully saturated rings. The monoisotopic (exact) mass is 328 g/mol. The Morgan fingerprint density at radius 2 is 2.33 bits per heavy atom. The fourth-order valence-corrected chi connectivity index (χ4v) is 2.85. The van der Waals surface area contributed by atoms with Crippen LogP contribution in [0.3, 0.4) is 0 Å². The standard InChI is InChI=1S/C16H16N4O4/c21-14(22)3-1-2-9-6-12(20-24-9)16-18-13-7-17-11-4-5-23-8-10(11)15(13)19-16/h6-7H,1-5,8H2,(H,18,19)(H,21,22). The van der Waals surface area contributed by atoms with Crippen LogP contribution in [0.15, 0.2) is 16.8 Å².